The Kier molecular flexibility index (Phi) is 2.40. The van der Waals surface area contributed by atoms with Crippen LogP contribution >= 0.6 is 0 Å². The van der Waals surface area contributed by atoms with Gasteiger partial charge in [-0.05, 0) is 30.9 Å². The Labute approximate surface area is 79.9 Å². The van der Waals surface area contributed by atoms with E-state index in [0.29, 0.717) is 11.8 Å². The van der Waals surface area contributed by atoms with Gasteiger partial charge < -0.3 is 11.1 Å². The molecule has 2 nitrogen and oxygen atoms in total. The Morgan fingerprint density at radius 1 is 1.62 bits per heavy atom. The van der Waals surface area contributed by atoms with Gasteiger partial charge in [-0.2, -0.15) is 0 Å². The van der Waals surface area contributed by atoms with Crippen LogP contribution in [-0.4, -0.2) is 13.1 Å². The maximum Gasteiger partial charge on any atom is 0.0185 e. The van der Waals surface area contributed by atoms with Crippen LogP contribution < -0.4 is 11.1 Å². The van der Waals surface area contributed by atoms with E-state index < -0.39 is 0 Å². The number of rotatable bonds is 2. The van der Waals surface area contributed by atoms with Gasteiger partial charge in [0.2, 0.25) is 0 Å². The summed E-state index contributed by atoms with van der Waals surface area (Å²) >= 11 is 0. The topological polar surface area (TPSA) is 38.0 Å². The SMILES string of the molecule is CC1C=CC2=C(NCC2)C1CCN. The maximum absolute atomic E-state index is 5.63. The molecular weight excluding hydrogens is 160 g/mol. The fourth-order valence-corrected chi connectivity index (χ4v) is 2.37. The van der Waals surface area contributed by atoms with Gasteiger partial charge in [0, 0.05) is 18.2 Å². The first kappa shape index (κ1) is 8.82. The molecule has 0 spiro atoms. The Hall–Kier alpha value is -0.760. The molecule has 0 aromatic carbocycles. The summed E-state index contributed by atoms with van der Waals surface area (Å²) in [4.78, 5) is 0. The highest BCUT2D eigenvalue weighted by Gasteiger charge is 2.27. The van der Waals surface area contributed by atoms with Crippen LogP contribution in [0, 0.1) is 11.8 Å². The Balaban J connectivity index is 2.19. The lowest BCUT2D eigenvalue weighted by Gasteiger charge is -2.26. The second-order valence-electron chi connectivity index (χ2n) is 4.02. The molecule has 13 heavy (non-hydrogen) atoms. The molecule has 2 atom stereocenters. The molecular formula is C11H18N2. The summed E-state index contributed by atoms with van der Waals surface area (Å²) < 4.78 is 0. The monoisotopic (exact) mass is 178 g/mol. The lowest BCUT2D eigenvalue weighted by molar-refractivity contribution is 0.433. The van der Waals surface area contributed by atoms with Crippen molar-refractivity contribution in [3.8, 4) is 0 Å². The normalized spacial score (nSPS) is 31.8. The summed E-state index contributed by atoms with van der Waals surface area (Å²) in [6.07, 6.45) is 6.91. The highest BCUT2D eigenvalue weighted by atomic mass is 14.9. The van der Waals surface area contributed by atoms with Crippen molar-refractivity contribution in [1.82, 2.24) is 5.32 Å². The molecule has 0 aromatic rings. The van der Waals surface area contributed by atoms with Gasteiger partial charge in [0.1, 0.15) is 0 Å². The molecule has 1 aliphatic heterocycles. The Morgan fingerprint density at radius 2 is 2.46 bits per heavy atom. The third kappa shape index (κ3) is 1.51. The largest absolute Gasteiger partial charge is 0.388 e. The molecule has 72 valence electrons. The predicted molar refractivity (Wildman–Crippen MR) is 55.1 cm³/mol. The molecule has 2 unspecified atom stereocenters. The van der Waals surface area contributed by atoms with Gasteiger partial charge in [0.05, 0.1) is 0 Å². The third-order valence-corrected chi connectivity index (χ3v) is 3.14. The second-order valence-corrected chi connectivity index (χ2v) is 4.02. The van der Waals surface area contributed by atoms with Crippen LogP contribution in [0.3, 0.4) is 0 Å². The van der Waals surface area contributed by atoms with E-state index in [2.05, 4.69) is 24.4 Å². The zero-order valence-electron chi connectivity index (χ0n) is 8.22. The van der Waals surface area contributed by atoms with Crippen LogP contribution in [0.2, 0.25) is 0 Å². The van der Waals surface area contributed by atoms with Crippen LogP contribution in [0.15, 0.2) is 23.4 Å². The summed E-state index contributed by atoms with van der Waals surface area (Å²) in [6, 6.07) is 0. The fraction of sp³-hybridized carbons (Fsp3) is 0.636. The molecule has 1 heterocycles. The quantitative estimate of drug-likeness (QED) is 0.671. The summed E-state index contributed by atoms with van der Waals surface area (Å²) in [6.45, 7) is 4.19. The van der Waals surface area contributed by atoms with Crippen molar-refractivity contribution in [1.29, 1.82) is 0 Å². The minimum atomic E-state index is 0.646. The number of nitrogens with two attached hydrogens (primary N) is 1. The number of hydrogen-bond donors (Lipinski definition) is 2. The Bertz CT molecular complexity index is 253. The molecule has 0 amide bonds. The zero-order valence-corrected chi connectivity index (χ0v) is 8.22. The first-order valence-corrected chi connectivity index (χ1v) is 5.18. The van der Waals surface area contributed by atoms with Gasteiger partial charge in [-0.15, -0.1) is 0 Å². The molecule has 2 rings (SSSR count). The summed E-state index contributed by atoms with van der Waals surface area (Å²) in [7, 11) is 0. The molecule has 0 saturated heterocycles. The predicted octanol–water partition coefficient (Wildman–Crippen LogP) is 1.40. The molecule has 0 radical (unpaired) electrons. The van der Waals surface area contributed by atoms with Crippen LogP contribution in [0.4, 0.5) is 0 Å². The van der Waals surface area contributed by atoms with E-state index in [1.807, 2.05) is 0 Å². The van der Waals surface area contributed by atoms with E-state index in [4.69, 9.17) is 5.73 Å². The molecule has 0 bridgehead atoms. The van der Waals surface area contributed by atoms with Gasteiger partial charge in [-0.1, -0.05) is 19.1 Å². The van der Waals surface area contributed by atoms with Crippen molar-refractivity contribution in [2.75, 3.05) is 13.1 Å². The molecule has 1 aliphatic carbocycles. The number of nitrogens with one attached hydrogen (secondary N) is 1. The molecule has 3 N–H and O–H groups in total. The van der Waals surface area contributed by atoms with Crippen molar-refractivity contribution in [2.24, 2.45) is 17.6 Å². The molecule has 0 aromatic heterocycles. The smallest absolute Gasteiger partial charge is 0.0185 e. The number of allylic oxidation sites excluding steroid dienone is 3. The van der Waals surface area contributed by atoms with Crippen molar-refractivity contribution >= 4 is 0 Å². The van der Waals surface area contributed by atoms with E-state index in [1.165, 1.54) is 17.7 Å². The van der Waals surface area contributed by atoms with Gasteiger partial charge in [-0.25, -0.2) is 0 Å². The minimum Gasteiger partial charge on any atom is -0.388 e. The van der Waals surface area contributed by atoms with Gasteiger partial charge >= 0.3 is 0 Å². The molecule has 0 fully saturated rings. The first-order valence-electron chi connectivity index (χ1n) is 5.18. The average molecular weight is 178 g/mol. The van der Waals surface area contributed by atoms with Crippen LogP contribution in [0.25, 0.3) is 0 Å². The van der Waals surface area contributed by atoms with Crippen LogP contribution in [0.1, 0.15) is 19.8 Å². The van der Waals surface area contributed by atoms with Crippen molar-refractivity contribution in [3.63, 3.8) is 0 Å². The standard InChI is InChI=1S/C11H18N2/c1-8-2-3-9-5-7-13-11(9)10(8)4-6-12/h2-3,8,10,13H,4-7,12H2,1H3. The lowest BCUT2D eigenvalue weighted by atomic mass is 9.82. The summed E-state index contributed by atoms with van der Waals surface area (Å²) in [5.74, 6) is 1.29. The van der Waals surface area contributed by atoms with Gasteiger partial charge in [0.15, 0.2) is 0 Å². The second kappa shape index (κ2) is 3.54. The number of hydrogen-bond acceptors (Lipinski definition) is 2. The molecule has 2 aliphatic rings. The molecule has 2 heteroatoms. The fourth-order valence-electron chi connectivity index (χ4n) is 2.37. The first-order chi connectivity index (χ1) is 6.33. The maximum atomic E-state index is 5.63. The zero-order chi connectivity index (χ0) is 9.26. The van der Waals surface area contributed by atoms with E-state index >= 15 is 0 Å². The average Bonchev–Trinajstić information content (AvgIpc) is 2.58. The van der Waals surface area contributed by atoms with Crippen molar-refractivity contribution in [2.45, 2.75) is 19.8 Å². The summed E-state index contributed by atoms with van der Waals surface area (Å²) in [5, 5.41) is 3.50. The van der Waals surface area contributed by atoms with E-state index in [1.54, 1.807) is 0 Å². The minimum absolute atomic E-state index is 0.646. The highest BCUT2D eigenvalue weighted by Crippen LogP contribution is 2.34. The van der Waals surface area contributed by atoms with Gasteiger partial charge in [-0.3, -0.25) is 0 Å². The van der Waals surface area contributed by atoms with Gasteiger partial charge in [0.25, 0.3) is 0 Å². The summed E-state index contributed by atoms with van der Waals surface area (Å²) in [5.41, 5.74) is 8.61. The van der Waals surface area contributed by atoms with E-state index in [9.17, 15) is 0 Å². The van der Waals surface area contributed by atoms with Crippen LogP contribution in [-0.2, 0) is 0 Å². The van der Waals surface area contributed by atoms with E-state index in [-0.39, 0.29) is 0 Å². The highest BCUT2D eigenvalue weighted by molar-refractivity contribution is 5.35. The van der Waals surface area contributed by atoms with E-state index in [0.717, 1.165) is 19.5 Å². The molecule has 0 saturated carbocycles. The van der Waals surface area contributed by atoms with Crippen molar-refractivity contribution in [3.05, 3.63) is 23.4 Å². The Morgan fingerprint density at radius 3 is 3.23 bits per heavy atom. The lowest BCUT2D eigenvalue weighted by Crippen LogP contribution is -2.25. The van der Waals surface area contributed by atoms with Crippen LogP contribution in [0.5, 0.6) is 0 Å². The third-order valence-electron chi connectivity index (χ3n) is 3.14. The van der Waals surface area contributed by atoms with Crippen molar-refractivity contribution < 1.29 is 0 Å².